The third-order valence-corrected chi connectivity index (χ3v) is 5.56. The molecule has 1 heterocycles. The summed E-state index contributed by atoms with van der Waals surface area (Å²) in [6.07, 6.45) is 0.788. The maximum atomic E-state index is 12.8. The van der Waals surface area contributed by atoms with E-state index in [1.807, 2.05) is 38.1 Å². The number of carbonyl (C=O) groups is 1. The van der Waals surface area contributed by atoms with Crippen molar-refractivity contribution in [3.8, 4) is 5.75 Å². The normalized spacial score (nSPS) is 10.9. The molecule has 1 N–H and O–H groups in total. The third kappa shape index (κ3) is 5.77. The second-order valence-electron chi connectivity index (χ2n) is 6.82. The van der Waals surface area contributed by atoms with Crippen molar-refractivity contribution in [2.75, 3.05) is 18.9 Å². The van der Waals surface area contributed by atoms with Crippen molar-refractivity contribution >= 4 is 40.2 Å². The Hall–Kier alpha value is -2.51. The van der Waals surface area contributed by atoms with Gasteiger partial charge in [0.05, 0.1) is 23.2 Å². The average Bonchev–Trinajstić information content (AvgIpc) is 2.72. The van der Waals surface area contributed by atoms with Gasteiger partial charge in [-0.25, -0.2) is 4.98 Å². The van der Waals surface area contributed by atoms with E-state index in [2.05, 4.69) is 10.3 Å². The minimum absolute atomic E-state index is 0.118. The van der Waals surface area contributed by atoms with Crippen LogP contribution in [0.15, 0.2) is 52.4 Å². The molecule has 3 rings (SSSR count). The van der Waals surface area contributed by atoms with Crippen molar-refractivity contribution in [2.45, 2.75) is 32.0 Å². The Morgan fingerprint density at radius 1 is 1.27 bits per heavy atom. The summed E-state index contributed by atoms with van der Waals surface area (Å²) in [4.78, 5) is 29.6. The molecule has 0 bridgehead atoms. The highest BCUT2D eigenvalue weighted by atomic mass is 35.5. The van der Waals surface area contributed by atoms with Crippen LogP contribution >= 0.6 is 23.4 Å². The van der Waals surface area contributed by atoms with E-state index in [1.165, 1.54) is 11.8 Å². The quantitative estimate of drug-likeness (QED) is 0.305. The van der Waals surface area contributed by atoms with Crippen LogP contribution in [-0.4, -0.2) is 34.4 Å². The maximum absolute atomic E-state index is 12.8. The second-order valence-corrected chi connectivity index (χ2v) is 8.20. The summed E-state index contributed by atoms with van der Waals surface area (Å²) in [5.41, 5.74) is 1.54. The number of carbonyl (C=O) groups excluding carboxylic acids is 1. The van der Waals surface area contributed by atoms with Crippen molar-refractivity contribution in [1.82, 2.24) is 14.9 Å². The minimum Gasteiger partial charge on any atom is -0.492 e. The van der Waals surface area contributed by atoms with Gasteiger partial charge >= 0.3 is 0 Å². The van der Waals surface area contributed by atoms with Gasteiger partial charge in [-0.3, -0.25) is 14.2 Å². The molecule has 0 saturated carbocycles. The molecule has 6 nitrogen and oxygen atoms in total. The van der Waals surface area contributed by atoms with Crippen molar-refractivity contribution in [2.24, 2.45) is 0 Å². The molecular formula is C22H24ClN3O3S. The highest BCUT2D eigenvalue weighted by molar-refractivity contribution is 7.99. The lowest BCUT2D eigenvalue weighted by Crippen LogP contribution is -2.30. The van der Waals surface area contributed by atoms with Gasteiger partial charge in [-0.05, 0) is 49.2 Å². The van der Waals surface area contributed by atoms with Crippen LogP contribution in [0, 0.1) is 6.92 Å². The van der Waals surface area contributed by atoms with Crippen molar-refractivity contribution in [3.05, 3.63) is 63.4 Å². The number of nitrogens with zero attached hydrogens (tertiary/aromatic N) is 2. The predicted molar refractivity (Wildman–Crippen MR) is 122 cm³/mol. The molecule has 0 atom stereocenters. The lowest BCUT2D eigenvalue weighted by atomic mass is 10.2. The van der Waals surface area contributed by atoms with Crippen molar-refractivity contribution < 1.29 is 9.53 Å². The number of benzene rings is 2. The first-order chi connectivity index (χ1) is 14.5. The van der Waals surface area contributed by atoms with Gasteiger partial charge in [0.15, 0.2) is 5.16 Å². The number of rotatable bonds is 9. The minimum atomic E-state index is -0.142. The van der Waals surface area contributed by atoms with Crippen LogP contribution in [0.3, 0.4) is 0 Å². The van der Waals surface area contributed by atoms with E-state index in [0.717, 1.165) is 17.7 Å². The number of hydrogen-bond donors (Lipinski definition) is 1. The second kappa shape index (κ2) is 10.5. The molecule has 3 aromatic rings. The van der Waals surface area contributed by atoms with Crippen molar-refractivity contribution in [3.63, 3.8) is 0 Å². The molecule has 0 aliphatic carbocycles. The first kappa shape index (κ1) is 22.2. The van der Waals surface area contributed by atoms with Crippen LogP contribution in [0.5, 0.6) is 5.75 Å². The molecule has 158 valence electrons. The number of amides is 1. The van der Waals surface area contributed by atoms with E-state index in [9.17, 15) is 9.59 Å². The summed E-state index contributed by atoms with van der Waals surface area (Å²) in [6.45, 7) is 5.31. The Labute approximate surface area is 184 Å². The highest BCUT2D eigenvalue weighted by Crippen LogP contribution is 2.20. The number of aromatic nitrogens is 2. The predicted octanol–water partition coefficient (Wildman–Crippen LogP) is 4.06. The zero-order valence-electron chi connectivity index (χ0n) is 17.0. The van der Waals surface area contributed by atoms with E-state index in [0.29, 0.717) is 40.8 Å². The highest BCUT2D eigenvalue weighted by Gasteiger charge is 2.13. The number of thioether (sulfide) groups is 1. The van der Waals surface area contributed by atoms with Gasteiger partial charge in [0, 0.05) is 11.6 Å². The summed E-state index contributed by atoms with van der Waals surface area (Å²) in [7, 11) is 0. The smallest absolute Gasteiger partial charge is 0.262 e. The Morgan fingerprint density at radius 2 is 2.10 bits per heavy atom. The molecular weight excluding hydrogens is 422 g/mol. The molecule has 30 heavy (non-hydrogen) atoms. The number of halogens is 1. The molecule has 0 aliphatic rings. The summed E-state index contributed by atoms with van der Waals surface area (Å²) in [5, 5.41) is 4.39. The fraction of sp³-hybridized carbons (Fsp3) is 0.318. The maximum Gasteiger partial charge on any atom is 0.262 e. The lowest BCUT2D eigenvalue weighted by Gasteiger charge is -2.12. The molecule has 0 spiro atoms. The largest absolute Gasteiger partial charge is 0.492 e. The summed E-state index contributed by atoms with van der Waals surface area (Å²) in [5.74, 6) is 0.796. The Kier molecular flexibility index (Phi) is 7.76. The number of aryl methyl sites for hydroxylation is 1. The SMILES string of the molecule is CCCn1c(SCC(=O)NCCOc2cccc(C)c2)nc2cc(Cl)ccc2c1=O. The van der Waals surface area contributed by atoms with Crippen molar-refractivity contribution in [1.29, 1.82) is 0 Å². The number of ether oxygens (including phenoxy) is 1. The van der Waals surface area contributed by atoms with Gasteiger partial charge in [-0.1, -0.05) is 42.4 Å². The zero-order chi connectivity index (χ0) is 21.5. The van der Waals surface area contributed by atoms with E-state index < -0.39 is 0 Å². The standard InChI is InChI=1S/C22H24ClN3O3S/c1-3-10-26-21(28)18-8-7-16(23)13-19(18)25-22(26)30-14-20(27)24-9-11-29-17-6-4-5-15(2)12-17/h4-8,12-13H,3,9-11,14H2,1-2H3,(H,24,27). The van der Waals surface area contributed by atoms with Gasteiger partial charge in [-0.15, -0.1) is 0 Å². The Bertz CT molecular complexity index is 1100. The monoisotopic (exact) mass is 445 g/mol. The van der Waals surface area contributed by atoms with Gasteiger partial charge in [0.25, 0.3) is 5.56 Å². The summed E-state index contributed by atoms with van der Waals surface area (Å²) >= 11 is 7.29. The summed E-state index contributed by atoms with van der Waals surface area (Å²) < 4.78 is 7.25. The first-order valence-corrected chi connectivity index (χ1v) is 11.1. The van der Waals surface area contributed by atoms with Gasteiger partial charge in [-0.2, -0.15) is 0 Å². The third-order valence-electron chi connectivity index (χ3n) is 4.34. The molecule has 0 unspecified atom stereocenters. The van der Waals surface area contributed by atoms with E-state index in [-0.39, 0.29) is 17.2 Å². The van der Waals surface area contributed by atoms with E-state index in [1.54, 1.807) is 22.8 Å². The van der Waals surface area contributed by atoms with Crippen LogP contribution in [0.1, 0.15) is 18.9 Å². The Morgan fingerprint density at radius 3 is 2.87 bits per heavy atom. The molecule has 1 amide bonds. The zero-order valence-corrected chi connectivity index (χ0v) is 18.6. The molecule has 8 heteroatoms. The average molecular weight is 446 g/mol. The molecule has 0 aliphatic heterocycles. The van der Waals surface area contributed by atoms with Crippen LogP contribution < -0.4 is 15.6 Å². The number of hydrogen-bond acceptors (Lipinski definition) is 5. The van der Waals surface area contributed by atoms with Crippen LogP contribution in [0.4, 0.5) is 0 Å². The van der Waals surface area contributed by atoms with Gasteiger partial charge in [0.2, 0.25) is 5.91 Å². The summed E-state index contributed by atoms with van der Waals surface area (Å²) in [6, 6.07) is 12.8. The van der Waals surface area contributed by atoms with E-state index in [4.69, 9.17) is 16.3 Å². The molecule has 2 aromatic carbocycles. The molecule has 0 fully saturated rings. The fourth-order valence-corrected chi connectivity index (χ4v) is 3.97. The Balaban J connectivity index is 1.59. The van der Waals surface area contributed by atoms with Crippen LogP contribution in [-0.2, 0) is 11.3 Å². The first-order valence-electron chi connectivity index (χ1n) is 9.77. The van der Waals surface area contributed by atoms with E-state index >= 15 is 0 Å². The molecule has 0 radical (unpaired) electrons. The number of nitrogens with one attached hydrogen (secondary N) is 1. The van der Waals surface area contributed by atoms with Gasteiger partial charge in [0.1, 0.15) is 12.4 Å². The number of fused-ring (bicyclic) bond motifs is 1. The molecule has 0 saturated heterocycles. The fourth-order valence-electron chi connectivity index (χ4n) is 2.95. The molecule has 1 aromatic heterocycles. The lowest BCUT2D eigenvalue weighted by molar-refractivity contribution is -0.118. The van der Waals surface area contributed by atoms with Gasteiger partial charge < -0.3 is 10.1 Å². The topological polar surface area (TPSA) is 73.2 Å². The van der Waals surface area contributed by atoms with Crippen LogP contribution in [0.2, 0.25) is 5.02 Å². The van der Waals surface area contributed by atoms with Crippen LogP contribution in [0.25, 0.3) is 10.9 Å².